The maximum Gasteiger partial charge on any atom is 0.262 e. The molecule has 0 radical (unpaired) electrons. The van der Waals surface area contributed by atoms with Crippen LogP contribution in [0.5, 0.6) is 5.75 Å². The summed E-state index contributed by atoms with van der Waals surface area (Å²) in [5.41, 5.74) is 2.58. The number of rotatable bonds is 4. The molecule has 2 aliphatic heterocycles. The van der Waals surface area contributed by atoms with E-state index in [0.29, 0.717) is 29.5 Å². The largest absolute Gasteiger partial charge is 0.482 e. The summed E-state index contributed by atoms with van der Waals surface area (Å²) in [6, 6.07) is 15.8. The molecule has 0 aromatic heterocycles. The first-order valence-electron chi connectivity index (χ1n) is 9.06. The lowest BCUT2D eigenvalue weighted by atomic mass is 9.89. The van der Waals surface area contributed by atoms with Gasteiger partial charge in [-0.05, 0) is 55.6 Å². The number of fused-ring (bicyclic) bond motifs is 1. The zero-order valence-electron chi connectivity index (χ0n) is 14.6. The van der Waals surface area contributed by atoms with Gasteiger partial charge in [0.25, 0.3) is 5.91 Å². The first-order valence-corrected chi connectivity index (χ1v) is 9.06. The highest BCUT2D eigenvalue weighted by Crippen LogP contribution is 2.30. The first kappa shape index (κ1) is 16.8. The van der Waals surface area contributed by atoms with Crippen molar-refractivity contribution in [2.75, 3.05) is 31.6 Å². The van der Waals surface area contributed by atoms with Crippen molar-refractivity contribution >= 4 is 17.4 Å². The number of benzene rings is 2. The Hall–Kier alpha value is -2.66. The second-order valence-electron chi connectivity index (χ2n) is 6.93. The van der Waals surface area contributed by atoms with Crippen molar-refractivity contribution in [3.05, 3.63) is 59.7 Å². The molecule has 1 N–H and O–H groups in total. The Morgan fingerprint density at radius 1 is 1.12 bits per heavy atom. The van der Waals surface area contributed by atoms with Crippen molar-refractivity contribution in [2.45, 2.75) is 18.8 Å². The number of amides is 1. The van der Waals surface area contributed by atoms with Crippen LogP contribution in [0.3, 0.4) is 0 Å². The molecule has 5 nitrogen and oxygen atoms in total. The number of piperidine rings is 1. The van der Waals surface area contributed by atoms with Gasteiger partial charge < -0.3 is 10.1 Å². The Labute approximate surface area is 153 Å². The average Bonchev–Trinajstić information content (AvgIpc) is 2.68. The fraction of sp³-hybridized carbons (Fsp3) is 0.333. The van der Waals surface area contributed by atoms with Gasteiger partial charge in [0.15, 0.2) is 12.4 Å². The molecule has 0 bridgehead atoms. The molecule has 0 saturated carbocycles. The van der Waals surface area contributed by atoms with Gasteiger partial charge in [-0.25, -0.2) is 0 Å². The predicted molar refractivity (Wildman–Crippen MR) is 99.8 cm³/mol. The van der Waals surface area contributed by atoms with E-state index in [1.54, 1.807) is 18.2 Å². The van der Waals surface area contributed by atoms with Crippen molar-refractivity contribution in [3.63, 3.8) is 0 Å². The SMILES string of the molecule is O=C1COc2ccc(C(=O)CN3CCC(c4ccccc4)CC3)cc2N1. The standard InChI is InChI=1S/C21H22N2O3/c24-19(17-6-7-20-18(12-17)22-21(25)14-26-20)13-23-10-8-16(9-11-23)15-4-2-1-3-5-15/h1-7,12,16H,8-11,13-14H2,(H,22,25). The van der Waals surface area contributed by atoms with Crippen molar-refractivity contribution in [1.82, 2.24) is 4.90 Å². The minimum atomic E-state index is -0.190. The number of carbonyl (C=O) groups excluding carboxylic acids is 2. The molecular formula is C21H22N2O3. The molecule has 134 valence electrons. The number of ether oxygens (including phenoxy) is 1. The molecule has 5 heteroatoms. The second kappa shape index (κ2) is 7.30. The van der Waals surface area contributed by atoms with E-state index in [9.17, 15) is 9.59 Å². The van der Waals surface area contributed by atoms with Crippen molar-refractivity contribution < 1.29 is 14.3 Å². The fourth-order valence-electron chi connectivity index (χ4n) is 3.70. The van der Waals surface area contributed by atoms with Gasteiger partial charge in [-0.3, -0.25) is 14.5 Å². The molecule has 1 fully saturated rings. The normalized spacial score (nSPS) is 17.9. The minimum absolute atomic E-state index is 0.0245. The van der Waals surface area contributed by atoms with Crippen LogP contribution in [0, 0.1) is 0 Å². The number of nitrogens with zero attached hydrogens (tertiary/aromatic N) is 1. The molecule has 0 unspecified atom stereocenters. The van der Waals surface area contributed by atoms with E-state index >= 15 is 0 Å². The van der Waals surface area contributed by atoms with Gasteiger partial charge in [0, 0.05) is 5.56 Å². The zero-order valence-corrected chi connectivity index (χ0v) is 14.6. The van der Waals surface area contributed by atoms with Crippen LogP contribution in [0.2, 0.25) is 0 Å². The molecule has 2 heterocycles. The molecule has 0 aliphatic carbocycles. The van der Waals surface area contributed by atoms with E-state index in [1.807, 2.05) is 6.07 Å². The van der Waals surface area contributed by atoms with Gasteiger partial charge in [0.1, 0.15) is 5.75 Å². The van der Waals surface area contributed by atoms with Crippen molar-refractivity contribution in [2.24, 2.45) is 0 Å². The molecule has 2 aromatic carbocycles. The number of ketones is 1. The Morgan fingerprint density at radius 3 is 2.65 bits per heavy atom. The summed E-state index contributed by atoms with van der Waals surface area (Å²) < 4.78 is 5.34. The number of anilines is 1. The number of hydrogen-bond acceptors (Lipinski definition) is 4. The average molecular weight is 350 g/mol. The van der Waals surface area contributed by atoms with Gasteiger partial charge in [-0.15, -0.1) is 0 Å². The highest BCUT2D eigenvalue weighted by atomic mass is 16.5. The maximum absolute atomic E-state index is 12.6. The molecule has 4 rings (SSSR count). The third-order valence-electron chi connectivity index (χ3n) is 5.16. The third-order valence-corrected chi connectivity index (χ3v) is 5.16. The van der Waals surface area contributed by atoms with Crippen LogP contribution in [0.15, 0.2) is 48.5 Å². The summed E-state index contributed by atoms with van der Waals surface area (Å²) in [6.45, 7) is 2.29. The summed E-state index contributed by atoms with van der Waals surface area (Å²) in [4.78, 5) is 26.3. The summed E-state index contributed by atoms with van der Waals surface area (Å²) in [7, 11) is 0. The lowest BCUT2D eigenvalue weighted by Crippen LogP contribution is -2.36. The summed E-state index contributed by atoms with van der Waals surface area (Å²) >= 11 is 0. The van der Waals surface area contributed by atoms with E-state index in [2.05, 4.69) is 34.5 Å². The van der Waals surface area contributed by atoms with Crippen LogP contribution in [0.4, 0.5) is 5.69 Å². The summed E-state index contributed by atoms with van der Waals surface area (Å²) in [5.74, 6) is 1.08. The molecule has 1 amide bonds. The molecular weight excluding hydrogens is 328 g/mol. The zero-order chi connectivity index (χ0) is 17.9. The van der Waals surface area contributed by atoms with Crippen LogP contribution >= 0.6 is 0 Å². The predicted octanol–water partition coefficient (Wildman–Crippen LogP) is 3.08. The van der Waals surface area contributed by atoms with Gasteiger partial charge in [0.05, 0.1) is 12.2 Å². The van der Waals surface area contributed by atoms with E-state index in [-0.39, 0.29) is 18.3 Å². The van der Waals surface area contributed by atoms with E-state index in [4.69, 9.17) is 4.74 Å². The number of likely N-dealkylation sites (tertiary alicyclic amines) is 1. The minimum Gasteiger partial charge on any atom is -0.482 e. The van der Waals surface area contributed by atoms with Gasteiger partial charge in [0.2, 0.25) is 0 Å². The number of carbonyl (C=O) groups is 2. The van der Waals surface area contributed by atoms with Crippen LogP contribution in [0.25, 0.3) is 0 Å². The van der Waals surface area contributed by atoms with Gasteiger partial charge >= 0.3 is 0 Å². The van der Waals surface area contributed by atoms with E-state index < -0.39 is 0 Å². The molecule has 1 saturated heterocycles. The van der Waals surface area contributed by atoms with Crippen molar-refractivity contribution in [3.8, 4) is 5.75 Å². The topological polar surface area (TPSA) is 58.6 Å². The number of hydrogen-bond donors (Lipinski definition) is 1. The van der Waals surface area contributed by atoms with Crippen LogP contribution in [0.1, 0.15) is 34.7 Å². The van der Waals surface area contributed by atoms with E-state index in [1.165, 1.54) is 5.56 Å². The highest BCUT2D eigenvalue weighted by Gasteiger charge is 2.23. The summed E-state index contributed by atoms with van der Waals surface area (Å²) in [5, 5.41) is 2.75. The Bertz CT molecular complexity index is 811. The van der Waals surface area contributed by atoms with Crippen LogP contribution in [-0.4, -0.2) is 42.8 Å². The van der Waals surface area contributed by atoms with E-state index in [0.717, 1.165) is 25.9 Å². The Balaban J connectivity index is 1.36. The monoisotopic (exact) mass is 350 g/mol. The Kier molecular flexibility index (Phi) is 4.71. The number of nitrogens with one attached hydrogen (secondary N) is 1. The van der Waals surface area contributed by atoms with Gasteiger partial charge in [-0.2, -0.15) is 0 Å². The Morgan fingerprint density at radius 2 is 1.88 bits per heavy atom. The molecule has 0 spiro atoms. The van der Waals surface area contributed by atoms with Crippen LogP contribution < -0.4 is 10.1 Å². The maximum atomic E-state index is 12.6. The molecule has 2 aromatic rings. The number of Topliss-reactive ketones (excluding diaryl/α,β-unsaturated/α-hetero) is 1. The molecule has 2 aliphatic rings. The molecule has 0 atom stereocenters. The first-order chi connectivity index (χ1) is 12.7. The second-order valence-corrected chi connectivity index (χ2v) is 6.93. The summed E-state index contributed by atoms with van der Waals surface area (Å²) in [6.07, 6.45) is 2.15. The lowest BCUT2D eigenvalue weighted by Gasteiger charge is -2.31. The smallest absolute Gasteiger partial charge is 0.262 e. The quantitative estimate of drug-likeness (QED) is 0.861. The van der Waals surface area contributed by atoms with Gasteiger partial charge in [-0.1, -0.05) is 30.3 Å². The lowest BCUT2D eigenvalue weighted by molar-refractivity contribution is -0.118. The highest BCUT2D eigenvalue weighted by molar-refractivity contribution is 6.01. The molecule has 26 heavy (non-hydrogen) atoms. The third kappa shape index (κ3) is 3.63. The van der Waals surface area contributed by atoms with Crippen molar-refractivity contribution in [1.29, 1.82) is 0 Å². The van der Waals surface area contributed by atoms with Crippen LogP contribution in [-0.2, 0) is 4.79 Å². The fourth-order valence-corrected chi connectivity index (χ4v) is 3.70.